The molecule has 0 saturated heterocycles. The number of ether oxygens (including phenoxy) is 3. The highest BCUT2D eigenvalue weighted by atomic mass is 79.9. The maximum absolute atomic E-state index is 12.9. The molecule has 0 N–H and O–H groups in total. The molecule has 4 aromatic rings. The second-order valence-electron chi connectivity index (χ2n) is 9.46. The molecule has 1 heterocycles. The lowest BCUT2D eigenvalue weighted by Crippen LogP contribution is -2.11. The molecular weight excluding hydrogens is 560 g/mol. The predicted octanol–water partition coefficient (Wildman–Crippen LogP) is 8.06. The molecule has 0 amide bonds. The highest BCUT2D eigenvalue weighted by Crippen LogP contribution is 2.29. The summed E-state index contributed by atoms with van der Waals surface area (Å²) >= 11 is 9.31. The van der Waals surface area contributed by atoms with Gasteiger partial charge in [-0.05, 0) is 75.8 Å². The smallest absolute Gasteiger partial charge is 0.311 e. The first-order chi connectivity index (χ1) is 17.6. The maximum atomic E-state index is 12.9. The van der Waals surface area contributed by atoms with Gasteiger partial charge in [0.25, 0.3) is 0 Å². The lowest BCUT2D eigenvalue weighted by molar-refractivity contribution is -0.134. The molecule has 0 aliphatic carbocycles. The Kier molecular flexibility index (Phi) is 8.25. The first-order valence-electron chi connectivity index (χ1n) is 11.7. The molecule has 0 spiro atoms. The van der Waals surface area contributed by atoms with E-state index in [4.69, 9.17) is 30.2 Å². The lowest BCUT2D eigenvalue weighted by atomic mass is 9.87. The molecule has 0 fully saturated rings. The third kappa shape index (κ3) is 6.93. The number of carbonyl (C=O) groups is 1. The summed E-state index contributed by atoms with van der Waals surface area (Å²) in [5, 5.41) is 0.925. The Balaban J connectivity index is 1.35. The molecule has 3 aromatic carbocycles. The van der Waals surface area contributed by atoms with E-state index in [-0.39, 0.29) is 28.8 Å². The molecule has 1 aromatic heterocycles. The quantitative estimate of drug-likeness (QED) is 0.118. The molecule has 4 rings (SSSR count). The Morgan fingerprint density at radius 3 is 2.41 bits per heavy atom. The van der Waals surface area contributed by atoms with Crippen molar-refractivity contribution in [1.82, 2.24) is 0 Å². The Bertz CT molecular complexity index is 1470. The molecule has 0 bridgehead atoms. The van der Waals surface area contributed by atoms with E-state index in [1.165, 1.54) is 12.3 Å². The van der Waals surface area contributed by atoms with Crippen LogP contribution >= 0.6 is 27.5 Å². The molecule has 0 aliphatic rings. The summed E-state index contributed by atoms with van der Waals surface area (Å²) in [6.07, 6.45) is 1.89. The molecule has 192 valence electrons. The average Bonchev–Trinajstić information content (AvgIpc) is 2.84. The minimum Gasteiger partial charge on any atom is -0.492 e. The Morgan fingerprint density at radius 1 is 0.973 bits per heavy atom. The van der Waals surface area contributed by atoms with Gasteiger partial charge in [0.15, 0.2) is 0 Å². The molecule has 0 aliphatic heterocycles. The maximum Gasteiger partial charge on any atom is 0.311 e. The van der Waals surface area contributed by atoms with Crippen molar-refractivity contribution >= 4 is 44.5 Å². The normalized spacial score (nSPS) is 11.4. The number of hydrogen-bond donors (Lipinski definition) is 0. The van der Waals surface area contributed by atoms with Crippen molar-refractivity contribution in [3.05, 3.63) is 92.2 Å². The van der Waals surface area contributed by atoms with E-state index in [9.17, 15) is 9.59 Å². The summed E-state index contributed by atoms with van der Waals surface area (Å²) in [5.41, 5.74) is 1.16. The third-order valence-electron chi connectivity index (χ3n) is 5.57. The summed E-state index contributed by atoms with van der Waals surface area (Å²) in [6, 6.07) is 17.4. The van der Waals surface area contributed by atoms with Crippen molar-refractivity contribution in [2.24, 2.45) is 0 Å². The van der Waals surface area contributed by atoms with Crippen molar-refractivity contribution in [1.29, 1.82) is 0 Å². The molecule has 0 radical (unpaired) electrons. The van der Waals surface area contributed by atoms with E-state index in [0.717, 1.165) is 10.0 Å². The Morgan fingerprint density at radius 2 is 1.70 bits per heavy atom. The molecule has 0 unspecified atom stereocenters. The summed E-state index contributed by atoms with van der Waals surface area (Å²) in [6.45, 7) is 6.72. The molecular formula is C29H26BrClO6. The van der Waals surface area contributed by atoms with Crippen LogP contribution in [0.2, 0.25) is 5.02 Å². The summed E-state index contributed by atoms with van der Waals surface area (Å²) < 4.78 is 23.2. The van der Waals surface area contributed by atoms with Crippen molar-refractivity contribution in [3.8, 4) is 23.0 Å². The van der Waals surface area contributed by atoms with Gasteiger partial charge in [0, 0.05) is 17.5 Å². The first kappa shape index (κ1) is 26.8. The van der Waals surface area contributed by atoms with E-state index in [1.54, 1.807) is 30.3 Å². The predicted molar refractivity (Wildman–Crippen MR) is 147 cm³/mol. The van der Waals surface area contributed by atoms with Gasteiger partial charge in [-0.2, -0.15) is 0 Å². The van der Waals surface area contributed by atoms with Gasteiger partial charge in [-0.15, -0.1) is 0 Å². The topological polar surface area (TPSA) is 75.0 Å². The second-order valence-corrected chi connectivity index (χ2v) is 10.8. The van der Waals surface area contributed by atoms with Gasteiger partial charge in [0.05, 0.1) is 16.5 Å². The average molecular weight is 586 g/mol. The van der Waals surface area contributed by atoms with Crippen LogP contribution in [0.3, 0.4) is 0 Å². The van der Waals surface area contributed by atoms with Crippen molar-refractivity contribution in [2.75, 3.05) is 6.61 Å². The number of hydrogen-bond acceptors (Lipinski definition) is 6. The summed E-state index contributed by atoms with van der Waals surface area (Å²) in [5.74, 6) is 1.13. The third-order valence-corrected chi connectivity index (χ3v) is 6.43. The van der Waals surface area contributed by atoms with Gasteiger partial charge in [0.1, 0.15) is 29.1 Å². The van der Waals surface area contributed by atoms with Crippen LogP contribution in [0.4, 0.5) is 0 Å². The SMILES string of the molecule is CC(C)(C)c1ccc(Oc2coc3cc(OC(=O)CCCOc4ccc(Cl)cc4Br)ccc3c2=O)cc1. The summed E-state index contributed by atoms with van der Waals surface area (Å²) in [7, 11) is 0. The molecule has 0 atom stereocenters. The van der Waals surface area contributed by atoms with E-state index >= 15 is 0 Å². The first-order valence-corrected chi connectivity index (χ1v) is 12.9. The number of fused-ring (bicyclic) bond motifs is 1. The zero-order valence-electron chi connectivity index (χ0n) is 20.7. The van der Waals surface area contributed by atoms with Gasteiger partial charge < -0.3 is 18.6 Å². The van der Waals surface area contributed by atoms with Gasteiger partial charge in [-0.3, -0.25) is 9.59 Å². The molecule has 37 heavy (non-hydrogen) atoms. The van der Waals surface area contributed by atoms with Gasteiger partial charge in [-0.1, -0.05) is 44.5 Å². The highest BCUT2D eigenvalue weighted by molar-refractivity contribution is 9.10. The van der Waals surface area contributed by atoms with E-state index < -0.39 is 5.97 Å². The van der Waals surface area contributed by atoms with Crippen LogP contribution in [0.25, 0.3) is 11.0 Å². The number of carbonyl (C=O) groups excluding carboxylic acids is 1. The van der Waals surface area contributed by atoms with Crippen LogP contribution in [0.1, 0.15) is 39.2 Å². The van der Waals surface area contributed by atoms with E-state index in [2.05, 4.69) is 36.7 Å². The summed E-state index contributed by atoms with van der Waals surface area (Å²) in [4.78, 5) is 25.2. The minimum atomic E-state index is -0.417. The van der Waals surface area contributed by atoms with Crippen LogP contribution in [0, 0.1) is 0 Å². The molecule has 8 heteroatoms. The van der Waals surface area contributed by atoms with Crippen LogP contribution in [0.5, 0.6) is 23.0 Å². The number of esters is 1. The fraction of sp³-hybridized carbons (Fsp3) is 0.241. The Labute approximate surface area is 228 Å². The zero-order chi connectivity index (χ0) is 26.6. The minimum absolute atomic E-state index is 0.0181. The second kappa shape index (κ2) is 11.4. The lowest BCUT2D eigenvalue weighted by Gasteiger charge is -2.19. The fourth-order valence-corrected chi connectivity index (χ4v) is 4.35. The zero-order valence-corrected chi connectivity index (χ0v) is 23.0. The largest absolute Gasteiger partial charge is 0.492 e. The van der Waals surface area contributed by atoms with Crippen LogP contribution in [0.15, 0.2) is 80.6 Å². The van der Waals surface area contributed by atoms with E-state index in [1.807, 2.05) is 24.3 Å². The standard InChI is InChI=1S/C29H26BrClO6/c1-29(2,3)18-6-9-20(10-7-18)36-26-17-35-25-16-21(11-12-22(25)28(26)33)37-27(32)5-4-14-34-24-13-8-19(31)15-23(24)30/h6-13,15-17H,4-5,14H2,1-3H3. The monoisotopic (exact) mass is 584 g/mol. The van der Waals surface area contributed by atoms with Crippen LogP contribution in [-0.2, 0) is 10.2 Å². The molecule has 6 nitrogen and oxygen atoms in total. The van der Waals surface area contributed by atoms with Crippen molar-refractivity contribution in [3.63, 3.8) is 0 Å². The Hall–Kier alpha value is -3.29. The number of rotatable bonds is 8. The van der Waals surface area contributed by atoms with Crippen LogP contribution in [-0.4, -0.2) is 12.6 Å². The van der Waals surface area contributed by atoms with Crippen molar-refractivity contribution < 1.29 is 23.4 Å². The van der Waals surface area contributed by atoms with Gasteiger partial charge in [-0.25, -0.2) is 0 Å². The van der Waals surface area contributed by atoms with E-state index in [0.29, 0.717) is 40.5 Å². The highest BCUT2D eigenvalue weighted by Gasteiger charge is 2.15. The number of benzene rings is 3. The van der Waals surface area contributed by atoms with Gasteiger partial charge >= 0.3 is 5.97 Å². The fourth-order valence-electron chi connectivity index (χ4n) is 3.55. The molecule has 0 saturated carbocycles. The number of halogens is 2. The van der Waals surface area contributed by atoms with Gasteiger partial charge in [0.2, 0.25) is 11.2 Å². The van der Waals surface area contributed by atoms with Crippen molar-refractivity contribution in [2.45, 2.75) is 39.0 Å². The van der Waals surface area contributed by atoms with Crippen LogP contribution < -0.4 is 19.6 Å².